The van der Waals surface area contributed by atoms with Crippen molar-refractivity contribution in [3.63, 3.8) is 0 Å². The molecular weight excluding hydrogens is 398 g/mol. The van der Waals surface area contributed by atoms with E-state index in [1.54, 1.807) is 18.2 Å². The number of amides is 1. The Hall–Kier alpha value is -3.64. The number of rotatable bonds is 5. The van der Waals surface area contributed by atoms with Gasteiger partial charge in [0.15, 0.2) is 0 Å². The smallest absolute Gasteiger partial charge is 0.251 e. The second-order valence-electron chi connectivity index (χ2n) is 7.10. The summed E-state index contributed by atoms with van der Waals surface area (Å²) >= 11 is 6.53. The topological polar surface area (TPSA) is 86.5 Å². The second kappa shape index (κ2) is 7.65. The van der Waals surface area contributed by atoms with Crippen LogP contribution in [0.15, 0.2) is 72.9 Å². The van der Waals surface area contributed by atoms with E-state index >= 15 is 0 Å². The maximum absolute atomic E-state index is 12.9. The standard InChI is InChI=1S/C23H18ClN5O/c24-19-7-3-1-5-15(19)17(18-12-25-20-8-4-2-6-16(18)20)13-26-23(30)14-9-10-21-22(11-14)28-29-27-21/h1-12,17,25H,13H2,(H,26,30)(H,27,28,29)/t17-/m0/s1. The van der Waals surface area contributed by atoms with Gasteiger partial charge >= 0.3 is 0 Å². The molecule has 1 amide bonds. The highest BCUT2D eigenvalue weighted by Crippen LogP contribution is 2.34. The number of fused-ring (bicyclic) bond motifs is 2. The number of carbonyl (C=O) groups is 1. The van der Waals surface area contributed by atoms with Gasteiger partial charge in [0.25, 0.3) is 5.91 Å². The van der Waals surface area contributed by atoms with Gasteiger partial charge < -0.3 is 10.3 Å². The maximum Gasteiger partial charge on any atom is 0.251 e. The SMILES string of the molecule is O=C(NC[C@@H](c1ccccc1Cl)c1c[nH]c2ccccc12)c1ccc2n[nH]nc2c1. The van der Waals surface area contributed by atoms with E-state index in [-0.39, 0.29) is 11.8 Å². The Morgan fingerprint density at radius 2 is 1.77 bits per heavy atom. The lowest BCUT2D eigenvalue weighted by Crippen LogP contribution is -2.29. The van der Waals surface area contributed by atoms with Crippen molar-refractivity contribution in [3.8, 4) is 0 Å². The van der Waals surface area contributed by atoms with Crippen LogP contribution in [0, 0.1) is 0 Å². The van der Waals surface area contributed by atoms with Gasteiger partial charge in [-0.15, -0.1) is 0 Å². The fourth-order valence-corrected chi connectivity index (χ4v) is 4.07. The van der Waals surface area contributed by atoms with Crippen LogP contribution in [-0.2, 0) is 0 Å². The fourth-order valence-electron chi connectivity index (χ4n) is 3.81. The molecule has 30 heavy (non-hydrogen) atoms. The summed E-state index contributed by atoms with van der Waals surface area (Å²) < 4.78 is 0. The molecule has 0 aliphatic carbocycles. The third-order valence-corrected chi connectivity index (χ3v) is 5.67. The summed E-state index contributed by atoms with van der Waals surface area (Å²) in [5, 5.41) is 15.5. The van der Waals surface area contributed by atoms with E-state index in [1.807, 2.05) is 48.7 Å². The second-order valence-corrected chi connectivity index (χ2v) is 7.51. The van der Waals surface area contributed by atoms with Crippen molar-refractivity contribution in [2.24, 2.45) is 0 Å². The third kappa shape index (κ3) is 3.31. The monoisotopic (exact) mass is 415 g/mol. The van der Waals surface area contributed by atoms with Crippen LogP contribution in [-0.4, -0.2) is 32.8 Å². The lowest BCUT2D eigenvalue weighted by molar-refractivity contribution is 0.0952. The molecule has 5 aromatic rings. The zero-order valence-electron chi connectivity index (χ0n) is 15.9. The summed E-state index contributed by atoms with van der Waals surface area (Å²) in [6.07, 6.45) is 1.99. The molecule has 2 aromatic heterocycles. The number of benzene rings is 3. The molecular formula is C23H18ClN5O. The molecule has 0 saturated heterocycles. The van der Waals surface area contributed by atoms with Crippen LogP contribution in [0.3, 0.4) is 0 Å². The van der Waals surface area contributed by atoms with Crippen molar-refractivity contribution in [1.82, 2.24) is 25.7 Å². The van der Waals surface area contributed by atoms with E-state index in [1.165, 1.54) is 0 Å². The molecule has 0 aliphatic rings. The molecule has 7 heteroatoms. The van der Waals surface area contributed by atoms with Gasteiger partial charge in [-0.05, 0) is 41.5 Å². The lowest BCUT2D eigenvalue weighted by atomic mass is 9.90. The minimum atomic E-state index is -0.170. The van der Waals surface area contributed by atoms with Crippen molar-refractivity contribution in [2.45, 2.75) is 5.92 Å². The normalized spacial score (nSPS) is 12.3. The Morgan fingerprint density at radius 3 is 2.67 bits per heavy atom. The number of nitrogens with zero attached hydrogens (tertiary/aromatic N) is 2. The number of aromatic amines is 2. The first kappa shape index (κ1) is 18.4. The Labute approximate surface area is 177 Å². The van der Waals surface area contributed by atoms with E-state index in [4.69, 9.17) is 11.6 Å². The summed E-state index contributed by atoms with van der Waals surface area (Å²) in [6.45, 7) is 0.404. The number of nitrogens with one attached hydrogen (secondary N) is 3. The predicted octanol–water partition coefficient (Wildman–Crippen LogP) is 4.65. The van der Waals surface area contributed by atoms with Gasteiger partial charge in [0.2, 0.25) is 0 Å². The minimum absolute atomic E-state index is 0.102. The number of aromatic nitrogens is 4. The quantitative estimate of drug-likeness (QED) is 0.390. The number of para-hydroxylation sites is 1. The van der Waals surface area contributed by atoms with Crippen LogP contribution >= 0.6 is 11.6 Å². The van der Waals surface area contributed by atoms with Crippen LogP contribution in [0.5, 0.6) is 0 Å². The van der Waals surface area contributed by atoms with E-state index in [0.717, 1.165) is 27.5 Å². The summed E-state index contributed by atoms with van der Waals surface area (Å²) in [6, 6.07) is 21.1. The number of hydrogen-bond donors (Lipinski definition) is 3. The van der Waals surface area contributed by atoms with Crippen LogP contribution in [0.25, 0.3) is 21.9 Å². The maximum atomic E-state index is 12.9. The molecule has 0 fully saturated rings. The summed E-state index contributed by atoms with van der Waals surface area (Å²) in [4.78, 5) is 16.2. The van der Waals surface area contributed by atoms with Crippen LogP contribution in [0.4, 0.5) is 0 Å². The molecule has 5 rings (SSSR count). The van der Waals surface area contributed by atoms with Gasteiger partial charge in [0.05, 0.1) is 0 Å². The van der Waals surface area contributed by atoms with Gasteiger partial charge in [-0.1, -0.05) is 48.0 Å². The Balaban J connectivity index is 1.47. The van der Waals surface area contributed by atoms with Gasteiger partial charge in [-0.2, -0.15) is 15.4 Å². The van der Waals surface area contributed by atoms with Crippen LogP contribution in [0.2, 0.25) is 5.02 Å². The molecule has 148 valence electrons. The number of hydrogen-bond acceptors (Lipinski definition) is 3. The summed E-state index contributed by atoms with van der Waals surface area (Å²) in [5.74, 6) is -0.272. The molecule has 0 aliphatic heterocycles. The molecule has 0 spiro atoms. The van der Waals surface area contributed by atoms with Crippen molar-refractivity contribution >= 4 is 39.4 Å². The first-order valence-corrected chi connectivity index (χ1v) is 9.97. The average Bonchev–Trinajstić information content (AvgIpc) is 3.41. The van der Waals surface area contributed by atoms with E-state index < -0.39 is 0 Å². The number of carbonyl (C=O) groups excluding carboxylic acids is 1. The number of halogens is 1. The van der Waals surface area contributed by atoms with Gasteiger partial charge in [-0.25, -0.2) is 0 Å². The third-order valence-electron chi connectivity index (χ3n) is 5.32. The first-order chi connectivity index (χ1) is 14.7. The van der Waals surface area contributed by atoms with Crippen LogP contribution in [0.1, 0.15) is 27.4 Å². The Kier molecular flexibility index (Phi) is 4.69. The molecule has 3 aromatic carbocycles. The van der Waals surface area contributed by atoms with Gasteiger partial charge in [0, 0.05) is 40.1 Å². The van der Waals surface area contributed by atoms with Gasteiger partial charge in [0.1, 0.15) is 11.0 Å². The molecule has 3 N–H and O–H groups in total. The molecule has 0 bridgehead atoms. The van der Waals surface area contributed by atoms with E-state index in [2.05, 4.69) is 31.8 Å². The lowest BCUT2D eigenvalue weighted by Gasteiger charge is -2.19. The molecule has 2 heterocycles. The largest absolute Gasteiger partial charge is 0.361 e. The molecule has 0 unspecified atom stereocenters. The zero-order valence-corrected chi connectivity index (χ0v) is 16.6. The minimum Gasteiger partial charge on any atom is -0.361 e. The predicted molar refractivity (Wildman–Crippen MR) is 118 cm³/mol. The van der Waals surface area contributed by atoms with Crippen molar-refractivity contribution in [3.05, 3.63) is 94.6 Å². The fraction of sp³-hybridized carbons (Fsp3) is 0.0870. The highest BCUT2D eigenvalue weighted by molar-refractivity contribution is 6.31. The molecule has 0 saturated carbocycles. The van der Waals surface area contributed by atoms with E-state index in [9.17, 15) is 4.79 Å². The highest BCUT2D eigenvalue weighted by atomic mass is 35.5. The zero-order chi connectivity index (χ0) is 20.5. The molecule has 6 nitrogen and oxygen atoms in total. The summed E-state index contributed by atoms with van der Waals surface area (Å²) in [7, 11) is 0. The average molecular weight is 416 g/mol. The molecule has 1 atom stereocenters. The first-order valence-electron chi connectivity index (χ1n) is 9.60. The summed E-state index contributed by atoms with van der Waals surface area (Å²) in [5.41, 5.74) is 5.02. The van der Waals surface area contributed by atoms with Crippen molar-refractivity contribution in [2.75, 3.05) is 6.54 Å². The van der Waals surface area contributed by atoms with Gasteiger partial charge in [-0.3, -0.25) is 4.79 Å². The molecule has 0 radical (unpaired) electrons. The van der Waals surface area contributed by atoms with Crippen molar-refractivity contribution < 1.29 is 4.79 Å². The van der Waals surface area contributed by atoms with Crippen LogP contribution < -0.4 is 5.32 Å². The number of H-pyrrole nitrogens is 2. The van der Waals surface area contributed by atoms with E-state index in [0.29, 0.717) is 22.6 Å². The Bertz CT molecular complexity index is 1360. The Morgan fingerprint density at radius 1 is 0.967 bits per heavy atom. The van der Waals surface area contributed by atoms with Crippen molar-refractivity contribution in [1.29, 1.82) is 0 Å². The highest BCUT2D eigenvalue weighted by Gasteiger charge is 2.21.